The first-order valence-electron chi connectivity index (χ1n) is 7.50. The van der Waals surface area contributed by atoms with Crippen LogP contribution in [-0.2, 0) is 19.1 Å². The van der Waals surface area contributed by atoms with Gasteiger partial charge in [-0.2, -0.15) is 0 Å². The maximum Gasteiger partial charge on any atom is 0.410 e. The molecule has 1 fully saturated rings. The van der Waals surface area contributed by atoms with E-state index in [0.29, 0.717) is 0 Å². The summed E-state index contributed by atoms with van der Waals surface area (Å²) >= 11 is 0. The number of hydrogen-bond donors (Lipinski definition) is 2. The summed E-state index contributed by atoms with van der Waals surface area (Å²) in [6.45, 7) is 5.23. The third kappa shape index (κ3) is 4.34. The first-order valence-corrected chi connectivity index (χ1v) is 7.50. The minimum absolute atomic E-state index is 0.0439. The van der Waals surface area contributed by atoms with Crippen LogP contribution in [0, 0.1) is 17.8 Å². The van der Waals surface area contributed by atoms with E-state index in [1.54, 1.807) is 20.8 Å². The lowest BCUT2D eigenvalue weighted by Crippen LogP contribution is -2.49. The number of ether oxygens (including phenoxy) is 2. The summed E-state index contributed by atoms with van der Waals surface area (Å²) in [5, 5.41) is 9.37. The zero-order chi connectivity index (χ0) is 17.9. The highest BCUT2D eigenvalue weighted by Gasteiger charge is 2.52. The minimum Gasteiger partial charge on any atom is -0.481 e. The minimum atomic E-state index is -1.03. The molecule has 0 spiro atoms. The van der Waals surface area contributed by atoms with E-state index in [2.05, 4.69) is 0 Å². The molecular weight excluding hydrogens is 304 g/mol. The number of nitrogens with two attached hydrogens (primary N) is 1. The van der Waals surface area contributed by atoms with Gasteiger partial charge in [0.25, 0.3) is 0 Å². The van der Waals surface area contributed by atoms with Crippen LogP contribution in [0.1, 0.15) is 27.2 Å². The molecule has 3 N–H and O–H groups in total. The van der Waals surface area contributed by atoms with Gasteiger partial charge in [0.1, 0.15) is 5.60 Å². The summed E-state index contributed by atoms with van der Waals surface area (Å²) in [4.78, 5) is 37.1. The molecule has 132 valence electrons. The van der Waals surface area contributed by atoms with Gasteiger partial charge in [-0.15, -0.1) is 0 Å². The topological polar surface area (TPSA) is 119 Å². The van der Waals surface area contributed by atoms with Crippen molar-refractivity contribution in [3.8, 4) is 0 Å². The van der Waals surface area contributed by atoms with Crippen LogP contribution >= 0.6 is 0 Å². The quantitative estimate of drug-likeness (QED) is 0.728. The van der Waals surface area contributed by atoms with E-state index >= 15 is 0 Å². The summed E-state index contributed by atoms with van der Waals surface area (Å²) < 4.78 is 10.1. The molecule has 0 heterocycles. The van der Waals surface area contributed by atoms with Gasteiger partial charge in [0.2, 0.25) is 0 Å². The number of esters is 1. The molecule has 8 nitrogen and oxygen atoms in total. The molecule has 1 aliphatic rings. The molecule has 23 heavy (non-hydrogen) atoms. The van der Waals surface area contributed by atoms with E-state index in [1.807, 2.05) is 0 Å². The van der Waals surface area contributed by atoms with Crippen molar-refractivity contribution >= 4 is 18.0 Å². The van der Waals surface area contributed by atoms with Crippen LogP contribution in [-0.4, -0.2) is 60.4 Å². The van der Waals surface area contributed by atoms with Crippen molar-refractivity contribution in [2.75, 3.05) is 20.7 Å². The van der Waals surface area contributed by atoms with E-state index in [1.165, 1.54) is 19.1 Å². The van der Waals surface area contributed by atoms with Crippen LogP contribution in [0.2, 0.25) is 0 Å². The van der Waals surface area contributed by atoms with Gasteiger partial charge >= 0.3 is 18.0 Å². The van der Waals surface area contributed by atoms with Gasteiger partial charge < -0.3 is 25.2 Å². The van der Waals surface area contributed by atoms with Crippen LogP contribution in [0.5, 0.6) is 0 Å². The molecule has 0 aromatic carbocycles. The van der Waals surface area contributed by atoms with E-state index < -0.39 is 47.4 Å². The second kappa shape index (κ2) is 7.16. The van der Waals surface area contributed by atoms with Gasteiger partial charge in [-0.05, 0) is 33.7 Å². The summed E-state index contributed by atoms with van der Waals surface area (Å²) in [7, 11) is 2.72. The Morgan fingerprint density at radius 2 is 1.83 bits per heavy atom. The molecule has 4 atom stereocenters. The van der Waals surface area contributed by atoms with E-state index in [9.17, 15) is 19.5 Å². The number of hydrogen-bond acceptors (Lipinski definition) is 6. The molecule has 0 aliphatic heterocycles. The number of carbonyl (C=O) groups is 3. The Hall–Kier alpha value is -1.83. The molecule has 0 bridgehead atoms. The van der Waals surface area contributed by atoms with Crippen molar-refractivity contribution in [1.82, 2.24) is 4.90 Å². The molecular formula is C15H26N2O6. The number of rotatable bonds is 4. The molecule has 1 saturated carbocycles. The molecule has 8 heteroatoms. The first-order chi connectivity index (χ1) is 10.5. The average Bonchev–Trinajstić information content (AvgIpc) is 2.83. The monoisotopic (exact) mass is 330 g/mol. The lowest BCUT2D eigenvalue weighted by molar-refractivity contribution is -0.147. The van der Waals surface area contributed by atoms with Gasteiger partial charge in [-0.25, -0.2) is 4.79 Å². The Bertz CT molecular complexity index is 473. The van der Waals surface area contributed by atoms with Crippen molar-refractivity contribution in [2.45, 2.75) is 38.8 Å². The van der Waals surface area contributed by atoms with Crippen LogP contribution in [0.4, 0.5) is 4.79 Å². The van der Waals surface area contributed by atoms with Crippen LogP contribution in [0.15, 0.2) is 0 Å². The Morgan fingerprint density at radius 1 is 1.26 bits per heavy atom. The van der Waals surface area contributed by atoms with E-state index in [4.69, 9.17) is 15.2 Å². The van der Waals surface area contributed by atoms with Crippen LogP contribution < -0.4 is 5.73 Å². The lowest BCUT2D eigenvalue weighted by Gasteiger charge is -2.34. The number of carbonyl (C=O) groups excluding carboxylic acids is 2. The highest BCUT2D eigenvalue weighted by molar-refractivity contribution is 5.79. The predicted molar refractivity (Wildman–Crippen MR) is 81.6 cm³/mol. The third-order valence-corrected chi connectivity index (χ3v) is 4.10. The fraction of sp³-hybridized carbons (Fsp3) is 0.800. The lowest BCUT2D eigenvalue weighted by atomic mass is 9.92. The largest absolute Gasteiger partial charge is 0.481 e. The number of aliphatic carboxylic acids is 1. The Kier molecular flexibility index (Phi) is 5.98. The molecule has 0 radical (unpaired) electrons. The van der Waals surface area contributed by atoms with Crippen LogP contribution in [0.3, 0.4) is 0 Å². The summed E-state index contributed by atoms with van der Waals surface area (Å²) in [5.74, 6) is -3.68. The van der Waals surface area contributed by atoms with E-state index in [-0.39, 0.29) is 13.0 Å². The second-order valence-corrected chi connectivity index (χ2v) is 6.79. The maximum atomic E-state index is 12.3. The zero-order valence-electron chi connectivity index (χ0n) is 14.2. The Morgan fingerprint density at radius 3 is 2.22 bits per heavy atom. The zero-order valence-corrected chi connectivity index (χ0v) is 14.2. The van der Waals surface area contributed by atoms with Crippen molar-refractivity contribution in [2.24, 2.45) is 23.5 Å². The summed E-state index contributed by atoms with van der Waals surface area (Å²) in [6.07, 6.45) is -0.539. The first kappa shape index (κ1) is 19.2. The standard InChI is InChI=1S/C15H26N2O6/c1-15(2,3)23-14(21)17(4)11-9(13(20)22-5)6-8(12(18)19)10(11)7-16/h8-11H,6-7,16H2,1-5H3,(H,18,19)/t8-,9+,10+,11-/m1/s1. The number of carboxylic acid groups (broad SMARTS) is 1. The Balaban J connectivity index is 3.11. The summed E-state index contributed by atoms with van der Waals surface area (Å²) in [5.41, 5.74) is 5.03. The third-order valence-electron chi connectivity index (χ3n) is 4.10. The molecule has 1 rings (SSSR count). The van der Waals surface area contributed by atoms with Crippen LogP contribution in [0.25, 0.3) is 0 Å². The van der Waals surface area contributed by atoms with Gasteiger partial charge in [0, 0.05) is 13.0 Å². The summed E-state index contributed by atoms with van der Waals surface area (Å²) in [6, 6.07) is -0.677. The molecule has 0 saturated heterocycles. The normalized spacial score (nSPS) is 27.4. The van der Waals surface area contributed by atoms with Crippen molar-refractivity contribution in [3.63, 3.8) is 0 Å². The highest BCUT2D eigenvalue weighted by atomic mass is 16.6. The SMILES string of the molecule is COC(=O)[C@H]1C[C@@H](C(=O)O)[C@H](CN)[C@@H]1N(C)C(=O)OC(C)(C)C. The molecule has 0 aromatic heterocycles. The van der Waals surface area contributed by atoms with E-state index in [0.717, 1.165) is 0 Å². The van der Waals surface area contributed by atoms with Crippen molar-refractivity contribution in [3.05, 3.63) is 0 Å². The molecule has 1 amide bonds. The van der Waals surface area contributed by atoms with Crippen molar-refractivity contribution in [1.29, 1.82) is 0 Å². The molecule has 0 unspecified atom stereocenters. The predicted octanol–water partition coefficient (Wildman–Crippen LogP) is 0.691. The van der Waals surface area contributed by atoms with Gasteiger partial charge in [-0.1, -0.05) is 0 Å². The smallest absolute Gasteiger partial charge is 0.410 e. The number of methoxy groups -OCH3 is 1. The fourth-order valence-electron chi connectivity index (χ4n) is 3.11. The maximum absolute atomic E-state index is 12.3. The molecule has 0 aromatic rings. The Labute approximate surface area is 135 Å². The highest BCUT2D eigenvalue weighted by Crippen LogP contribution is 2.40. The van der Waals surface area contributed by atoms with Gasteiger partial charge in [0.05, 0.1) is 25.0 Å². The molecule has 1 aliphatic carbocycles. The van der Waals surface area contributed by atoms with Gasteiger partial charge in [0.15, 0.2) is 0 Å². The number of carboxylic acids is 1. The number of amides is 1. The van der Waals surface area contributed by atoms with Gasteiger partial charge in [-0.3, -0.25) is 9.59 Å². The second-order valence-electron chi connectivity index (χ2n) is 6.79. The van der Waals surface area contributed by atoms with Crippen molar-refractivity contribution < 1.29 is 29.0 Å². The average molecular weight is 330 g/mol. The number of nitrogens with zero attached hydrogens (tertiary/aromatic N) is 1. The fourth-order valence-corrected chi connectivity index (χ4v) is 3.11.